The molecule has 5 nitrogen and oxygen atoms in total. The van der Waals surface area contributed by atoms with Gasteiger partial charge in [-0.15, -0.1) is 0 Å². The van der Waals surface area contributed by atoms with Gasteiger partial charge in [0.2, 0.25) is 0 Å². The van der Waals surface area contributed by atoms with Crippen molar-refractivity contribution in [3.63, 3.8) is 0 Å². The summed E-state index contributed by atoms with van der Waals surface area (Å²) in [5.41, 5.74) is 0. The molecule has 1 heterocycles. The van der Waals surface area contributed by atoms with Gasteiger partial charge in [-0.05, 0) is 31.9 Å². The number of nitrogens with one attached hydrogen (secondary N) is 2. The normalized spacial score (nSPS) is 16.3. The quantitative estimate of drug-likeness (QED) is 0.752. The van der Waals surface area contributed by atoms with Gasteiger partial charge in [0.1, 0.15) is 5.76 Å². The topological polar surface area (TPSA) is 71.3 Å². The van der Waals surface area contributed by atoms with Crippen molar-refractivity contribution in [1.82, 2.24) is 10.6 Å². The molecule has 1 saturated carbocycles. The van der Waals surface area contributed by atoms with Crippen LogP contribution in [-0.4, -0.2) is 23.9 Å². The molecule has 0 spiro atoms. The molecule has 5 heteroatoms. The molecule has 0 aliphatic heterocycles. The van der Waals surface area contributed by atoms with E-state index in [2.05, 4.69) is 10.6 Å². The van der Waals surface area contributed by atoms with Crippen LogP contribution < -0.4 is 10.6 Å². The first-order valence-electron chi connectivity index (χ1n) is 5.79. The fourth-order valence-electron chi connectivity index (χ4n) is 1.55. The largest absolute Gasteiger partial charge is 0.469 e. The van der Waals surface area contributed by atoms with Gasteiger partial charge >= 0.3 is 11.8 Å². The fraction of sp³-hybridized carbons (Fsp3) is 0.500. The molecule has 2 amide bonds. The third-order valence-electron chi connectivity index (χ3n) is 2.58. The van der Waals surface area contributed by atoms with Crippen molar-refractivity contribution in [2.75, 3.05) is 0 Å². The van der Waals surface area contributed by atoms with Crippen LogP contribution in [0.5, 0.6) is 0 Å². The number of hydrogen-bond donors (Lipinski definition) is 2. The Morgan fingerprint density at radius 1 is 1.47 bits per heavy atom. The van der Waals surface area contributed by atoms with Crippen LogP contribution in [0, 0.1) is 0 Å². The minimum atomic E-state index is -0.573. The second kappa shape index (κ2) is 5.03. The average Bonchev–Trinajstić information content (AvgIpc) is 2.93. The van der Waals surface area contributed by atoms with E-state index in [1.807, 2.05) is 13.0 Å². The lowest BCUT2D eigenvalue weighted by atomic mass is 10.2. The standard InChI is InChI=1S/C12H16N2O3/c1-8(7-10-3-2-6-17-10)13-11(15)12(16)14-9-4-5-9/h2-3,6,8-9H,4-5,7H2,1H3,(H,13,15)(H,14,16). The van der Waals surface area contributed by atoms with E-state index in [1.165, 1.54) is 0 Å². The molecule has 17 heavy (non-hydrogen) atoms. The van der Waals surface area contributed by atoms with Crippen molar-refractivity contribution in [3.05, 3.63) is 24.2 Å². The summed E-state index contributed by atoms with van der Waals surface area (Å²) < 4.78 is 5.17. The van der Waals surface area contributed by atoms with Crippen molar-refractivity contribution in [2.45, 2.75) is 38.3 Å². The van der Waals surface area contributed by atoms with Gasteiger partial charge in [-0.1, -0.05) is 0 Å². The van der Waals surface area contributed by atoms with E-state index in [4.69, 9.17) is 4.42 Å². The maximum Gasteiger partial charge on any atom is 0.309 e. The summed E-state index contributed by atoms with van der Waals surface area (Å²) in [4.78, 5) is 22.9. The van der Waals surface area contributed by atoms with Crippen LogP contribution >= 0.6 is 0 Å². The molecule has 0 aromatic carbocycles. The second-order valence-electron chi connectivity index (χ2n) is 4.41. The van der Waals surface area contributed by atoms with Gasteiger partial charge in [-0.2, -0.15) is 0 Å². The molecular formula is C12H16N2O3. The first-order chi connectivity index (χ1) is 8.15. The molecule has 1 aromatic rings. The molecular weight excluding hydrogens is 220 g/mol. The maximum atomic E-state index is 11.5. The van der Waals surface area contributed by atoms with Gasteiger partial charge in [-0.25, -0.2) is 0 Å². The Balaban J connectivity index is 1.75. The zero-order chi connectivity index (χ0) is 12.3. The Bertz CT molecular complexity index is 396. The summed E-state index contributed by atoms with van der Waals surface area (Å²) in [5, 5.41) is 5.28. The molecule has 2 N–H and O–H groups in total. The molecule has 0 saturated heterocycles. The summed E-state index contributed by atoms with van der Waals surface area (Å²) >= 11 is 0. The van der Waals surface area contributed by atoms with Gasteiger partial charge in [0.05, 0.1) is 6.26 Å². The van der Waals surface area contributed by atoms with Crippen molar-refractivity contribution < 1.29 is 14.0 Å². The molecule has 1 aromatic heterocycles. The third-order valence-corrected chi connectivity index (χ3v) is 2.58. The van der Waals surface area contributed by atoms with Crippen LogP contribution in [0.25, 0.3) is 0 Å². The second-order valence-corrected chi connectivity index (χ2v) is 4.41. The molecule has 92 valence electrons. The lowest BCUT2D eigenvalue weighted by molar-refractivity contribution is -0.139. The molecule has 1 fully saturated rings. The van der Waals surface area contributed by atoms with E-state index in [0.29, 0.717) is 6.42 Å². The number of carbonyl (C=O) groups excluding carboxylic acids is 2. The zero-order valence-corrected chi connectivity index (χ0v) is 9.73. The lowest BCUT2D eigenvalue weighted by Gasteiger charge is -2.12. The highest BCUT2D eigenvalue weighted by Gasteiger charge is 2.26. The summed E-state index contributed by atoms with van der Waals surface area (Å²) in [6.45, 7) is 1.84. The summed E-state index contributed by atoms with van der Waals surface area (Å²) in [6, 6.07) is 3.71. The van der Waals surface area contributed by atoms with E-state index >= 15 is 0 Å². The number of amides is 2. The third kappa shape index (κ3) is 3.62. The molecule has 1 aliphatic carbocycles. The predicted molar refractivity (Wildman–Crippen MR) is 61.2 cm³/mol. The van der Waals surface area contributed by atoms with Gasteiger partial charge in [-0.3, -0.25) is 9.59 Å². The molecule has 1 aliphatic rings. The number of furan rings is 1. The van der Waals surface area contributed by atoms with Crippen molar-refractivity contribution >= 4 is 11.8 Å². The Morgan fingerprint density at radius 3 is 2.82 bits per heavy atom. The van der Waals surface area contributed by atoms with Crippen molar-refractivity contribution in [1.29, 1.82) is 0 Å². The van der Waals surface area contributed by atoms with Crippen LogP contribution in [0.1, 0.15) is 25.5 Å². The minimum Gasteiger partial charge on any atom is -0.469 e. The van der Waals surface area contributed by atoms with E-state index < -0.39 is 11.8 Å². The van der Waals surface area contributed by atoms with Crippen LogP contribution in [0.3, 0.4) is 0 Å². The Kier molecular flexibility index (Phi) is 3.46. The number of rotatable bonds is 4. The SMILES string of the molecule is CC(Cc1ccco1)NC(=O)C(=O)NC1CC1. The van der Waals surface area contributed by atoms with E-state index in [0.717, 1.165) is 18.6 Å². The first kappa shape index (κ1) is 11.7. The van der Waals surface area contributed by atoms with Gasteiger partial charge < -0.3 is 15.1 Å². The number of hydrogen-bond acceptors (Lipinski definition) is 3. The molecule has 0 radical (unpaired) electrons. The summed E-state index contributed by atoms with van der Waals surface area (Å²) in [7, 11) is 0. The highest BCUT2D eigenvalue weighted by atomic mass is 16.3. The first-order valence-corrected chi connectivity index (χ1v) is 5.79. The smallest absolute Gasteiger partial charge is 0.309 e. The summed E-state index contributed by atoms with van der Waals surface area (Å²) in [5.74, 6) is -0.324. The Labute approximate surface area is 99.6 Å². The van der Waals surface area contributed by atoms with Gasteiger partial charge in [0, 0.05) is 18.5 Å². The molecule has 0 bridgehead atoms. The molecule has 2 rings (SSSR count). The average molecular weight is 236 g/mol. The van der Waals surface area contributed by atoms with Crippen LogP contribution in [0.2, 0.25) is 0 Å². The van der Waals surface area contributed by atoms with Gasteiger partial charge in [0.15, 0.2) is 0 Å². The van der Waals surface area contributed by atoms with Crippen LogP contribution in [0.4, 0.5) is 0 Å². The van der Waals surface area contributed by atoms with E-state index in [9.17, 15) is 9.59 Å². The highest BCUT2D eigenvalue weighted by molar-refractivity contribution is 6.35. The molecule has 1 unspecified atom stereocenters. The van der Waals surface area contributed by atoms with Crippen LogP contribution in [-0.2, 0) is 16.0 Å². The zero-order valence-electron chi connectivity index (χ0n) is 9.73. The monoisotopic (exact) mass is 236 g/mol. The van der Waals surface area contributed by atoms with Crippen molar-refractivity contribution in [2.24, 2.45) is 0 Å². The minimum absolute atomic E-state index is 0.126. The van der Waals surface area contributed by atoms with E-state index in [1.54, 1.807) is 12.3 Å². The highest BCUT2D eigenvalue weighted by Crippen LogP contribution is 2.18. The van der Waals surface area contributed by atoms with Gasteiger partial charge in [0.25, 0.3) is 0 Å². The van der Waals surface area contributed by atoms with E-state index in [-0.39, 0.29) is 12.1 Å². The molecule has 1 atom stereocenters. The Hall–Kier alpha value is -1.78. The lowest BCUT2D eigenvalue weighted by Crippen LogP contribution is -2.44. The maximum absolute atomic E-state index is 11.5. The van der Waals surface area contributed by atoms with Crippen LogP contribution in [0.15, 0.2) is 22.8 Å². The fourth-order valence-corrected chi connectivity index (χ4v) is 1.55. The Morgan fingerprint density at radius 2 is 2.24 bits per heavy atom. The predicted octanol–water partition coefficient (Wildman–Crippen LogP) is 0.605. The summed E-state index contributed by atoms with van der Waals surface area (Å²) in [6.07, 6.45) is 4.11. The number of carbonyl (C=O) groups is 2. The van der Waals surface area contributed by atoms with Crippen molar-refractivity contribution in [3.8, 4) is 0 Å².